The Kier molecular flexibility index (Phi) is 4.88. The number of piperazine rings is 1. The highest BCUT2D eigenvalue weighted by molar-refractivity contribution is 7.91. The van der Waals surface area contributed by atoms with E-state index in [2.05, 4.69) is 16.7 Å². The molecule has 2 fully saturated rings. The van der Waals surface area contributed by atoms with Crippen molar-refractivity contribution in [2.24, 2.45) is 0 Å². The molecule has 3 rings (SSSR count). The summed E-state index contributed by atoms with van der Waals surface area (Å²) in [6.45, 7) is 5.50. The van der Waals surface area contributed by atoms with Gasteiger partial charge in [0.05, 0.1) is 16.5 Å². The maximum absolute atomic E-state index is 12.1. The molecule has 7 heteroatoms. The van der Waals surface area contributed by atoms with Crippen molar-refractivity contribution in [2.45, 2.75) is 32.0 Å². The zero-order valence-electron chi connectivity index (χ0n) is 13.3. The zero-order valence-corrected chi connectivity index (χ0v) is 14.9. The van der Waals surface area contributed by atoms with Gasteiger partial charge in [0.2, 0.25) is 0 Å². The molecule has 2 saturated heterocycles. The van der Waals surface area contributed by atoms with Crippen LogP contribution in [0.3, 0.4) is 0 Å². The van der Waals surface area contributed by atoms with Crippen LogP contribution in [0.1, 0.15) is 18.9 Å². The predicted molar refractivity (Wildman–Crippen MR) is 91.6 cm³/mol. The van der Waals surface area contributed by atoms with Crippen molar-refractivity contribution in [3.63, 3.8) is 0 Å². The monoisotopic (exact) mass is 358 g/mol. The fourth-order valence-corrected chi connectivity index (χ4v) is 5.99. The fourth-order valence-electron chi connectivity index (χ4n) is 3.74. The molecule has 1 aromatic rings. The minimum absolute atomic E-state index is 0.0490. The summed E-state index contributed by atoms with van der Waals surface area (Å²) in [5, 5.41) is 9.87. The second kappa shape index (κ2) is 6.59. The number of rotatable bonds is 4. The van der Waals surface area contributed by atoms with Crippen LogP contribution in [0.25, 0.3) is 0 Å². The first-order valence-corrected chi connectivity index (χ1v) is 10.3. The Morgan fingerprint density at radius 2 is 1.87 bits per heavy atom. The molecule has 0 aliphatic carbocycles. The Labute approximate surface area is 142 Å². The van der Waals surface area contributed by atoms with Crippen molar-refractivity contribution in [2.75, 3.05) is 31.1 Å². The van der Waals surface area contributed by atoms with Crippen LogP contribution in [0.2, 0.25) is 5.02 Å². The number of halogens is 1. The van der Waals surface area contributed by atoms with Gasteiger partial charge in [-0.1, -0.05) is 24.6 Å². The molecule has 2 aliphatic rings. The Hall–Kier alpha value is -0.820. The van der Waals surface area contributed by atoms with Crippen molar-refractivity contribution >= 4 is 21.4 Å². The second-order valence-electron chi connectivity index (χ2n) is 6.50. The number of hydrogen-bond acceptors (Lipinski definition) is 5. The second-order valence-corrected chi connectivity index (χ2v) is 9.06. The van der Waals surface area contributed by atoms with Crippen molar-refractivity contribution < 1.29 is 13.5 Å². The quantitative estimate of drug-likeness (QED) is 0.888. The average molecular weight is 359 g/mol. The van der Waals surface area contributed by atoms with Crippen LogP contribution in [-0.2, 0) is 16.4 Å². The third kappa shape index (κ3) is 3.65. The summed E-state index contributed by atoms with van der Waals surface area (Å²) >= 11 is 5.98. The minimum atomic E-state index is -2.97. The highest BCUT2D eigenvalue weighted by Gasteiger charge is 2.46. The van der Waals surface area contributed by atoms with Crippen LogP contribution in [0.5, 0.6) is 5.75 Å². The van der Waals surface area contributed by atoms with E-state index in [4.69, 9.17) is 11.6 Å². The number of phenols is 1. The van der Waals surface area contributed by atoms with Gasteiger partial charge in [-0.3, -0.25) is 9.80 Å². The van der Waals surface area contributed by atoms with Gasteiger partial charge < -0.3 is 5.11 Å². The Morgan fingerprint density at radius 3 is 2.52 bits per heavy atom. The van der Waals surface area contributed by atoms with Crippen molar-refractivity contribution in [1.82, 2.24) is 9.80 Å². The molecule has 2 aliphatic heterocycles. The molecule has 0 spiro atoms. The SMILES string of the molecule is CCCN1CCN(Cc2ccc(O)c(Cl)c2)[C@H]2CS(=O)(=O)C[C@H]21. The highest BCUT2D eigenvalue weighted by Crippen LogP contribution is 2.30. The Morgan fingerprint density at radius 1 is 1.22 bits per heavy atom. The molecule has 23 heavy (non-hydrogen) atoms. The van der Waals surface area contributed by atoms with Gasteiger partial charge >= 0.3 is 0 Å². The van der Waals surface area contributed by atoms with Gasteiger partial charge in [-0.25, -0.2) is 8.42 Å². The van der Waals surface area contributed by atoms with Gasteiger partial charge in [0.25, 0.3) is 0 Å². The number of sulfone groups is 1. The molecule has 0 radical (unpaired) electrons. The van der Waals surface area contributed by atoms with Crippen LogP contribution in [0.15, 0.2) is 18.2 Å². The number of phenolic OH excluding ortho intramolecular Hbond substituents is 1. The summed E-state index contributed by atoms with van der Waals surface area (Å²) in [7, 11) is -2.97. The Bertz CT molecular complexity index is 680. The van der Waals surface area contributed by atoms with E-state index in [0.29, 0.717) is 11.6 Å². The van der Waals surface area contributed by atoms with Gasteiger partial charge in [-0.2, -0.15) is 0 Å². The van der Waals surface area contributed by atoms with Crippen LogP contribution in [0.4, 0.5) is 0 Å². The topological polar surface area (TPSA) is 60.9 Å². The summed E-state index contributed by atoms with van der Waals surface area (Å²) < 4.78 is 24.3. The molecule has 0 amide bonds. The molecule has 5 nitrogen and oxygen atoms in total. The molecule has 1 N–H and O–H groups in total. The van der Waals surface area contributed by atoms with Crippen molar-refractivity contribution in [3.8, 4) is 5.75 Å². The summed E-state index contributed by atoms with van der Waals surface area (Å²) in [5.74, 6) is 0.582. The van der Waals surface area contributed by atoms with E-state index in [9.17, 15) is 13.5 Å². The van der Waals surface area contributed by atoms with E-state index in [1.165, 1.54) is 0 Å². The summed E-state index contributed by atoms with van der Waals surface area (Å²) in [6, 6.07) is 5.34. The summed E-state index contributed by atoms with van der Waals surface area (Å²) in [4.78, 5) is 4.58. The van der Waals surface area contributed by atoms with Gasteiger partial charge in [-0.15, -0.1) is 0 Å². The van der Waals surface area contributed by atoms with E-state index >= 15 is 0 Å². The Balaban J connectivity index is 1.79. The van der Waals surface area contributed by atoms with E-state index in [1.54, 1.807) is 12.1 Å². The van der Waals surface area contributed by atoms with Gasteiger partial charge in [0.1, 0.15) is 5.75 Å². The molecule has 0 aromatic heterocycles. The third-order valence-corrected chi connectivity index (χ3v) is 6.82. The number of nitrogens with zero attached hydrogens (tertiary/aromatic N) is 2. The fraction of sp³-hybridized carbons (Fsp3) is 0.625. The van der Waals surface area contributed by atoms with E-state index < -0.39 is 9.84 Å². The lowest BCUT2D eigenvalue weighted by atomic mass is 10.0. The van der Waals surface area contributed by atoms with Crippen LogP contribution >= 0.6 is 11.6 Å². The normalized spacial score (nSPS) is 27.9. The lowest BCUT2D eigenvalue weighted by molar-refractivity contribution is 0.0405. The van der Waals surface area contributed by atoms with E-state index in [0.717, 1.165) is 31.6 Å². The summed E-state index contributed by atoms with van der Waals surface area (Å²) in [5.41, 5.74) is 1.000. The molecule has 0 unspecified atom stereocenters. The van der Waals surface area contributed by atoms with Gasteiger partial charge in [0, 0.05) is 31.7 Å². The first kappa shape index (κ1) is 17.0. The standard InChI is InChI=1S/C16H23ClN2O3S/c1-2-5-18-6-7-19(15-11-23(21,22)10-14(15)18)9-12-3-4-16(20)13(17)8-12/h3-4,8,14-15,20H,2,5-7,9-11H2,1H3/t14-,15+/m1/s1. The molecule has 2 heterocycles. The molecular formula is C16H23ClN2O3S. The molecule has 128 valence electrons. The predicted octanol–water partition coefficient (Wildman–Crippen LogP) is 1.74. The highest BCUT2D eigenvalue weighted by atomic mass is 35.5. The number of aromatic hydroxyl groups is 1. The first-order chi connectivity index (χ1) is 10.9. The molecular weight excluding hydrogens is 336 g/mol. The maximum atomic E-state index is 12.1. The largest absolute Gasteiger partial charge is 0.506 e. The van der Waals surface area contributed by atoms with E-state index in [-0.39, 0.29) is 29.3 Å². The molecule has 1 aromatic carbocycles. The third-order valence-electron chi connectivity index (χ3n) is 4.81. The summed E-state index contributed by atoms with van der Waals surface area (Å²) in [6.07, 6.45) is 1.04. The minimum Gasteiger partial charge on any atom is -0.506 e. The first-order valence-electron chi connectivity index (χ1n) is 8.05. The number of fused-ring (bicyclic) bond motifs is 1. The van der Waals surface area contributed by atoms with Crippen LogP contribution < -0.4 is 0 Å². The lowest BCUT2D eigenvalue weighted by Crippen LogP contribution is -2.58. The molecule has 0 bridgehead atoms. The van der Waals surface area contributed by atoms with E-state index in [1.807, 2.05) is 6.07 Å². The van der Waals surface area contributed by atoms with Crippen LogP contribution in [-0.4, -0.2) is 66.5 Å². The van der Waals surface area contributed by atoms with Gasteiger partial charge in [0.15, 0.2) is 9.84 Å². The smallest absolute Gasteiger partial charge is 0.153 e. The zero-order chi connectivity index (χ0) is 16.6. The average Bonchev–Trinajstić information content (AvgIpc) is 2.81. The molecule has 0 saturated carbocycles. The number of hydrogen-bond donors (Lipinski definition) is 1. The lowest BCUT2D eigenvalue weighted by Gasteiger charge is -2.44. The molecule has 2 atom stereocenters. The van der Waals surface area contributed by atoms with Crippen LogP contribution in [0, 0.1) is 0 Å². The van der Waals surface area contributed by atoms with Crippen molar-refractivity contribution in [3.05, 3.63) is 28.8 Å². The van der Waals surface area contributed by atoms with Gasteiger partial charge in [-0.05, 0) is 30.7 Å². The maximum Gasteiger partial charge on any atom is 0.153 e. The number of benzene rings is 1. The van der Waals surface area contributed by atoms with Crippen molar-refractivity contribution in [1.29, 1.82) is 0 Å².